The Morgan fingerprint density at radius 1 is 1.20 bits per heavy atom. The summed E-state index contributed by atoms with van der Waals surface area (Å²) in [5.74, 6) is 1.26. The molecule has 0 aromatic rings. The summed E-state index contributed by atoms with van der Waals surface area (Å²) in [7, 11) is -0.926. The van der Waals surface area contributed by atoms with Crippen LogP contribution in [-0.4, -0.2) is 45.7 Å². The zero-order valence-electron chi connectivity index (χ0n) is 13.0. The number of nitrogens with one attached hydrogen (secondary N) is 1. The van der Waals surface area contributed by atoms with Gasteiger partial charge in [0.05, 0.1) is 17.6 Å². The summed E-state index contributed by atoms with van der Waals surface area (Å²) in [6, 6.07) is 0.529. The van der Waals surface area contributed by atoms with Crippen LogP contribution in [0.25, 0.3) is 0 Å². The second-order valence-electron chi connectivity index (χ2n) is 6.46. The van der Waals surface area contributed by atoms with Gasteiger partial charge in [-0.25, -0.2) is 8.42 Å². The lowest BCUT2D eigenvalue weighted by atomic mass is 9.58. The van der Waals surface area contributed by atoms with E-state index < -0.39 is 9.84 Å². The second-order valence-corrected chi connectivity index (χ2v) is 8.76. The minimum Gasteiger partial charge on any atom is -0.381 e. The van der Waals surface area contributed by atoms with Crippen LogP contribution in [0.2, 0.25) is 0 Å². The summed E-state index contributed by atoms with van der Waals surface area (Å²) in [5, 5.41) is 3.70. The smallest absolute Gasteiger partial charge is 0.150 e. The fourth-order valence-corrected chi connectivity index (χ4v) is 5.60. The maximum atomic E-state index is 11.4. The maximum Gasteiger partial charge on any atom is 0.150 e. The average molecular weight is 303 g/mol. The molecular formula is C15H29NO3S. The lowest BCUT2D eigenvalue weighted by Gasteiger charge is -2.55. The van der Waals surface area contributed by atoms with Crippen LogP contribution < -0.4 is 5.32 Å². The Morgan fingerprint density at radius 2 is 1.80 bits per heavy atom. The lowest BCUT2D eigenvalue weighted by Crippen LogP contribution is -2.63. The zero-order valence-corrected chi connectivity index (χ0v) is 13.8. The number of sulfone groups is 1. The largest absolute Gasteiger partial charge is 0.381 e. The fourth-order valence-electron chi connectivity index (χ4n) is 4.01. The van der Waals surface area contributed by atoms with Crippen molar-refractivity contribution in [1.82, 2.24) is 5.32 Å². The lowest BCUT2D eigenvalue weighted by molar-refractivity contribution is -0.124. The highest BCUT2D eigenvalue weighted by Crippen LogP contribution is 2.48. The first-order valence-corrected chi connectivity index (χ1v) is 9.76. The molecule has 0 aromatic carbocycles. The Labute approximate surface area is 123 Å². The Morgan fingerprint density at radius 3 is 2.30 bits per heavy atom. The van der Waals surface area contributed by atoms with Crippen molar-refractivity contribution in [3.63, 3.8) is 0 Å². The van der Waals surface area contributed by atoms with Crippen molar-refractivity contribution in [3.8, 4) is 0 Å². The molecule has 20 heavy (non-hydrogen) atoms. The maximum absolute atomic E-state index is 11.4. The SMILES string of the molecule is CCC1(CC)C(NCC2CCS(=O)(=O)CC2)CC1OC. The molecule has 0 spiro atoms. The molecule has 1 saturated carbocycles. The Balaban J connectivity index is 1.83. The van der Waals surface area contributed by atoms with Gasteiger partial charge in [0.25, 0.3) is 0 Å². The van der Waals surface area contributed by atoms with Crippen LogP contribution in [0.15, 0.2) is 0 Å². The molecule has 0 bridgehead atoms. The molecule has 118 valence electrons. The first-order chi connectivity index (χ1) is 9.47. The Hall–Kier alpha value is -0.130. The normalized spacial score (nSPS) is 32.8. The van der Waals surface area contributed by atoms with E-state index in [1.807, 2.05) is 7.11 Å². The standard InChI is InChI=1S/C15H29NO3S/c1-4-15(5-2)13(10-14(15)19-3)16-11-12-6-8-20(17,18)9-7-12/h12-14,16H,4-11H2,1-3H3. The van der Waals surface area contributed by atoms with Crippen molar-refractivity contribution in [1.29, 1.82) is 0 Å². The van der Waals surface area contributed by atoms with Gasteiger partial charge in [-0.2, -0.15) is 0 Å². The van der Waals surface area contributed by atoms with Gasteiger partial charge in [-0.05, 0) is 44.6 Å². The van der Waals surface area contributed by atoms with E-state index >= 15 is 0 Å². The van der Waals surface area contributed by atoms with Crippen LogP contribution in [-0.2, 0) is 14.6 Å². The molecule has 0 amide bonds. The van der Waals surface area contributed by atoms with Gasteiger partial charge in [0.15, 0.2) is 0 Å². The molecule has 2 fully saturated rings. The molecule has 4 nitrogen and oxygen atoms in total. The second kappa shape index (κ2) is 6.32. The van der Waals surface area contributed by atoms with Gasteiger partial charge in [-0.3, -0.25) is 0 Å². The van der Waals surface area contributed by atoms with E-state index in [4.69, 9.17) is 4.74 Å². The van der Waals surface area contributed by atoms with E-state index in [1.54, 1.807) is 0 Å². The molecule has 0 radical (unpaired) electrons. The third kappa shape index (κ3) is 3.04. The number of ether oxygens (including phenoxy) is 1. The van der Waals surface area contributed by atoms with Crippen molar-refractivity contribution in [3.05, 3.63) is 0 Å². The summed E-state index contributed by atoms with van der Waals surface area (Å²) in [6.45, 7) is 5.45. The van der Waals surface area contributed by atoms with Crippen molar-refractivity contribution in [2.75, 3.05) is 25.2 Å². The van der Waals surface area contributed by atoms with Crippen molar-refractivity contribution >= 4 is 9.84 Å². The monoisotopic (exact) mass is 303 g/mol. The van der Waals surface area contributed by atoms with Crippen molar-refractivity contribution in [2.24, 2.45) is 11.3 Å². The zero-order chi connectivity index (χ0) is 14.8. The van der Waals surface area contributed by atoms with Crippen LogP contribution in [0.5, 0.6) is 0 Å². The molecule has 2 atom stereocenters. The van der Waals surface area contributed by atoms with Crippen molar-refractivity contribution < 1.29 is 13.2 Å². The molecule has 5 heteroatoms. The van der Waals surface area contributed by atoms with Gasteiger partial charge in [0.2, 0.25) is 0 Å². The molecule has 1 N–H and O–H groups in total. The van der Waals surface area contributed by atoms with Crippen molar-refractivity contribution in [2.45, 2.75) is 58.1 Å². The average Bonchev–Trinajstić information content (AvgIpc) is 2.41. The number of hydrogen-bond donors (Lipinski definition) is 1. The molecule has 2 rings (SSSR count). The molecular weight excluding hydrogens is 274 g/mol. The first kappa shape index (κ1) is 16.2. The third-order valence-corrected chi connectivity index (χ3v) is 7.43. The van der Waals surface area contributed by atoms with E-state index in [-0.39, 0.29) is 5.41 Å². The number of hydrogen-bond acceptors (Lipinski definition) is 4. The van der Waals surface area contributed by atoms with Gasteiger partial charge in [-0.1, -0.05) is 13.8 Å². The van der Waals surface area contributed by atoms with E-state index in [9.17, 15) is 8.42 Å². The Kier molecular flexibility index (Phi) is 5.14. The number of methoxy groups -OCH3 is 1. The van der Waals surface area contributed by atoms with Crippen LogP contribution in [0.3, 0.4) is 0 Å². The highest BCUT2D eigenvalue weighted by atomic mass is 32.2. The summed E-state index contributed by atoms with van der Waals surface area (Å²) >= 11 is 0. The molecule has 1 saturated heterocycles. The number of rotatable bonds is 6. The highest BCUT2D eigenvalue weighted by molar-refractivity contribution is 7.91. The van der Waals surface area contributed by atoms with E-state index in [2.05, 4.69) is 19.2 Å². The summed E-state index contributed by atoms with van der Waals surface area (Å²) in [6.07, 6.45) is 5.38. The molecule has 2 aliphatic rings. The quantitative estimate of drug-likeness (QED) is 0.815. The van der Waals surface area contributed by atoms with Gasteiger partial charge in [-0.15, -0.1) is 0 Å². The minimum atomic E-state index is -2.74. The van der Waals surface area contributed by atoms with E-state index in [0.29, 0.717) is 29.6 Å². The molecule has 1 aliphatic carbocycles. The van der Waals surface area contributed by atoms with Gasteiger partial charge in [0, 0.05) is 18.6 Å². The van der Waals surface area contributed by atoms with Gasteiger partial charge in [0.1, 0.15) is 9.84 Å². The minimum absolute atomic E-state index is 0.273. The first-order valence-electron chi connectivity index (χ1n) is 7.94. The molecule has 2 unspecified atom stereocenters. The van der Waals surface area contributed by atoms with E-state index in [0.717, 1.165) is 38.6 Å². The summed E-state index contributed by atoms with van der Waals surface area (Å²) in [5.41, 5.74) is 0.273. The Bertz CT molecular complexity index is 403. The molecule has 0 aromatic heterocycles. The van der Waals surface area contributed by atoms with Gasteiger partial charge < -0.3 is 10.1 Å². The fraction of sp³-hybridized carbons (Fsp3) is 1.00. The van der Waals surface area contributed by atoms with Crippen LogP contribution in [0, 0.1) is 11.3 Å². The van der Waals surface area contributed by atoms with Gasteiger partial charge >= 0.3 is 0 Å². The molecule has 1 aliphatic heterocycles. The summed E-state index contributed by atoms with van der Waals surface area (Å²) in [4.78, 5) is 0. The predicted molar refractivity (Wildman–Crippen MR) is 81.6 cm³/mol. The van der Waals surface area contributed by atoms with Crippen LogP contribution >= 0.6 is 0 Å². The van der Waals surface area contributed by atoms with Crippen LogP contribution in [0.1, 0.15) is 46.0 Å². The van der Waals surface area contributed by atoms with E-state index in [1.165, 1.54) is 0 Å². The third-order valence-electron chi connectivity index (χ3n) is 5.71. The topological polar surface area (TPSA) is 55.4 Å². The predicted octanol–water partition coefficient (Wildman–Crippen LogP) is 1.99. The van der Waals surface area contributed by atoms with Crippen LogP contribution in [0.4, 0.5) is 0 Å². The molecule has 1 heterocycles. The summed E-state index contributed by atoms with van der Waals surface area (Å²) < 4.78 is 28.5. The highest BCUT2D eigenvalue weighted by Gasteiger charge is 2.52.